The van der Waals surface area contributed by atoms with Crippen molar-refractivity contribution in [1.82, 2.24) is 35.2 Å². The van der Waals surface area contributed by atoms with Gasteiger partial charge in [0.1, 0.15) is 34.5 Å². The van der Waals surface area contributed by atoms with Crippen LogP contribution in [0.25, 0.3) is 10.7 Å². The first-order valence-electron chi connectivity index (χ1n) is 16.3. The van der Waals surface area contributed by atoms with Gasteiger partial charge in [0.2, 0.25) is 27.7 Å². The van der Waals surface area contributed by atoms with Crippen LogP contribution in [0.5, 0.6) is 6.01 Å². The van der Waals surface area contributed by atoms with Gasteiger partial charge in [0.05, 0.1) is 11.8 Å². The summed E-state index contributed by atoms with van der Waals surface area (Å²) in [6.45, 7) is 8.90. The molecule has 15 nitrogen and oxygen atoms in total. The number of nitrogens with one attached hydrogen (secondary N) is 3. The van der Waals surface area contributed by atoms with Gasteiger partial charge in [0, 0.05) is 37.0 Å². The van der Waals surface area contributed by atoms with Crippen molar-refractivity contribution in [1.29, 1.82) is 0 Å². The second-order valence-electron chi connectivity index (χ2n) is 14.4. The fourth-order valence-electron chi connectivity index (χ4n) is 6.07. The van der Waals surface area contributed by atoms with Crippen molar-refractivity contribution in [2.24, 2.45) is 11.3 Å². The molecule has 3 aliphatic carbocycles. The van der Waals surface area contributed by atoms with E-state index in [-0.39, 0.29) is 37.2 Å². The number of nitrogens with zero attached hydrogens (tertiary/aromatic N) is 4. The minimum absolute atomic E-state index is 0.000575. The van der Waals surface area contributed by atoms with Gasteiger partial charge in [0.25, 0.3) is 5.91 Å². The molecule has 0 radical (unpaired) electrons. The molecule has 3 heterocycles. The summed E-state index contributed by atoms with van der Waals surface area (Å²) in [6, 6.07) is -0.566. The van der Waals surface area contributed by atoms with E-state index in [0.717, 1.165) is 18.9 Å². The summed E-state index contributed by atoms with van der Waals surface area (Å²) < 4.78 is 33.4. The zero-order chi connectivity index (χ0) is 35.4. The summed E-state index contributed by atoms with van der Waals surface area (Å²) in [7, 11) is -4.01. The lowest BCUT2D eigenvalue weighted by molar-refractivity contribution is -0.144. The second kappa shape index (κ2) is 12.7. The second-order valence-corrected chi connectivity index (χ2v) is 17.3. The summed E-state index contributed by atoms with van der Waals surface area (Å²) in [5.74, 6) is -2.42. The molecule has 0 bridgehead atoms. The van der Waals surface area contributed by atoms with Crippen LogP contribution in [-0.2, 0) is 29.2 Å². The van der Waals surface area contributed by atoms with E-state index in [9.17, 15) is 32.7 Å². The standard InChI is InChI=1S/C32H41N7O8S2/c1-5-31(44)17-32(31,28(43)38-49(45,46)20-8-9-20)37-25(41)22-15-19(47-29-34-11-10-21(35-29)26-33-12-13-48-26)16-39(22)27(42)24(30(2,3)4)36-23(40)14-18-6-7-18/h5,10-13,18-20,22,24,44H,1,6-9,14-17H2,2-4H3,(H,36,40)(H,37,41)(H,38,43)/t19-,22+,24-,31?,32+/m1/s1. The number of hydrogen-bond donors (Lipinski definition) is 4. The summed E-state index contributed by atoms with van der Waals surface area (Å²) in [5.41, 5.74) is -4.18. The third-order valence-corrected chi connectivity index (χ3v) is 12.0. The Balaban J connectivity index is 1.26. The molecule has 49 heavy (non-hydrogen) atoms. The smallest absolute Gasteiger partial charge is 0.317 e. The van der Waals surface area contributed by atoms with Crippen LogP contribution in [0.1, 0.15) is 65.7 Å². The molecular weight excluding hydrogens is 675 g/mol. The topological polar surface area (TPSA) is 210 Å². The molecule has 4 amide bonds. The predicted molar refractivity (Wildman–Crippen MR) is 177 cm³/mol. The molecule has 3 saturated carbocycles. The highest BCUT2D eigenvalue weighted by Gasteiger charge is 2.72. The number of aliphatic hydroxyl groups is 1. The Kier molecular flexibility index (Phi) is 9.07. The van der Waals surface area contributed by atoms with Crippen LogP contribution in [0.15, 0.2) is 36.5 Å². The van der Waals surface area contributed by atoms with Crippen molar-refractivity contribution in [2.45, 2.75) is 100 Å². The van der Waals surface area contributed by atoms with Crippen LogP contribution >= 0.6 is 11.3 Å². The molecule has 1 aliphatic heterocycles. The molecule has 264 valence electrons. The van der Waals surface area contributed by atoms with Crippen LogP contribution in [0, 0.1) is 11.3 Å². The van der Waals surface area contributed by atoms with Crippen LogP contribution in [0.4, 0.5) is 0 Å². The Labute approximate surface area is 288 Å². The van der Waals surface area contributed by atoms with Gasteiger partial charge in [-0.1, -0.05) is 26.8 Å². The molecule has 0 aromatic carbocycles. The van der Waals surface area contributed by atoms with Crippen molar-refractivity contribution in [3.05, 3.63) is 36.5 Å². The van der Waals surface area contributed by atoms with Crippen molar-refractivity contribution in [3.8, 4) is 16.7 Å². The zero-order valence-electron chi connectivity index (χ0n) is 27.5. The Hall–Kier alpha value is -3.96. The van der Waals surface area contributed by atoms with Crippen molar-refractivity contribution in [3.63, 3.8) is 0 Å². The number of rotatable bonds is 13. The Morgan fingerprint density at radius 3 is 2.51 bits per heavy atom. The first-order valence-corrected chi connectivity index (χ1v) is 18.7. The van der Waals surface area contributed by atoms with Crippen molar-refractivity contribution in [2.75, 3.05) is 6.54 Å². The number of hydrogen-bond acceptors (Lipinski definition) is 12. The molecule has 5 atom stereocenters. The third-order valence-electron chi connectivity index (χ3n) is 9.40. The highest BCUT2D eigenvalue weighted by Crippen LogP contribution is 2.49. The fraction of sp³-hybridized carbons (Fsp3) is 0.594. The number of amides is 4. The molecule has 1 saturated heterocycles. The van der Waals surface area contributed by atoms with Crippen LogP contribution < -0.4 is 20.1 Å². The Bertz CT molecular complexity index is 1760. The van der Waals surface area contributed by atoms with E-state index in [1.165, 1.54) is 22.4 Å². The lowest BCUT2D eigenvalue weighted by atomic mass is 9.85. The third kappa shape index (κ3) is 7.33. The summed E-state index contributed by atoms with van der Waals surface area (Å²) >= 11 is 1.38. The normalized spacial score (nSPS) is 27.1. The van der Waals surface area contributed by atoms with Gasteiger partial charge in [-0.3, -0.25) is 23.9 Å². The number of carbonyl (C=O) groups excluding carboxylic acids is 4. The molecule has 1 unspecified atom stereocenters. The Morgan fingerprint density at radius 1 is 1.18 bits per heavy atom. The van der Waals surface area contributed by atoms with Gasteiger partial charge in [-0.25, -0.2) is 18.4 Å². The van der Waals surface area contributed by atoms with Gasteiger partial charge < -0.3 is 25.4 Å². The first-order chi connectivity index (χ1) is 23.0. The average molecular weight is 716 g/mol. The molecule has 0 spiro atoms. The number of ether oxygens (including phenoxy) is 1. The van der Waals surface area contributed by atoms with Gasteiger partial charge in [-0.15, -0.1) is 17.9 Å². The summed E-state index contributed by atoms with van der Waals surface area (Å²) in [4.78, 5) is 69.0. The quantitative estimate of drug-likeness (QED) is 0.216. The van der Waals surface area contributed by atoms with E-state index >= 15 is 0 Å². The lowest BCUT2D eigenvalue weighted by Gasteiger charge is -2.35. The molecular formula is C32H41N7O8S2. The first kappa shape index (κ1) is 34.9. The highest BCUT2D eigenvalue weighted by atomic mass is 32.2. The SMILES string of the molecule is C=CC1(O)C[C@]1(NC(=O)[C@@H]1C[C@@H](Oc2nccc(-c3nccs3)n2)CN1C(=O)[C@@H](NC(=O)CC1CC1)C(C)(C)C)C(=O)NS(=O)(=O)C1CC1. The molecule has 4 aliphatic rings. The number of thiazole rings is 1. The van der Waals surface area contributed by atoms with Gasteiger partial charge in [-0.2, -0.15) is 4.98 Å². The largest absolute Gasteiger partial charge is 0.458 e. The molecule has 2 aromatic heterocycles. The number of likely N-dealkylation sites (tertiary alicyclic amines) is 1. The van der Waals surface area contributed by atoms with Crippen molar-refractivity contribution >= 4 is 45.0 Å². The van der Waals surface area contributed by atoms with E-state index in [2.05, 4.69) is 32.2 Å². The molecule has 4 fully saturated rings. The van der Waals surface area contributed by atoms with E-state index < -0.39 is 67.7 Å². The highest BCUT2D eigenvalue weighted by molar-refractivity contribution is 7.91. The Morgan fingerprint density at radius 2 is 1.92 bits per heavy atom. The van der Waals surface area contributed by atoms with E-state index in [4.69, 9.17) is 4.74 Å². The maximum Gasteiger partial charge on any atom is 0.317 e. The van der Waals surface area contributed by atoms with E-state index in [0.29, 0.717) is 30.0 Å². The summed E-state index contributed by atoms with van der Waals surface area (Å²) in [6.07, 6.45) is 6.07. The van der Waals surface area contributed by atoms with Crippen LogP contribution in [0.2, 0.25) is 0 Å². The lowest BCUT2D eigenvalue weighted by Crippen LogP contribution is -2.61. The molecule has 2 aromatic rings. The molecule has 4 N–H and O–H groups in total. The maximum absolute atomic E-state index is 14.3. The minimum Gasteiger partial charge on any atom is -0.458 e. The van der Waals surface area contributed by atoms with E-state index in [1.807, 2.05) is 4.72 Å². The van der Waals surface area contributed by atoms with Crippen molar-refractivity contribution < 1.29 is 37.4 Å². The molecule has 6 rings (SSSR count). The van der Waals surface area contributed by atoms with E-state index in [1.54, 1.807) is 38.4 Å². The van der Waals surface area contributed by atoms with Gasteiger partial charge in [-0.05, 0) is 43.1 Å². The number of sulfonamides is 1. The minimum atomic E-state index is -4.01. The average Bonchev–Trinajstić information content (AvgIpc) is 4.00. The maximum atomic E-state index is 14.3. The monoisotopic (exact) mass is 715 g/mol. The van der Waals surface area contributed by atoms with Crippen LogP contribution in [-0.4, -0.2) is 98.1 Å². The number of carbonyl (C=O) groups is 4. The van der Waals surface area contributed by atoms with Gasteiger partial charge >= 0.3 is 6.01 Å². The van der Waals surface area contributed by atoms with Gasteiger partial charge in [0.15, 0.2) is 5.54 Å². The number of aromatic nitrogens is 3. The van der Waals surface area contributed by atoms with Crippen LogP contribution in [0.3, 0.4) is 0 Å². The summed E-state index contributed by atoms with van der Waals surface area (Å²) in [5, 5.41) is 18.3. The predicted octanol–water partition coefficient (Wildman–Crippen LogP) is 1.06. The zero-order valence-corrected chi connectivity index (χ0v) is 29.2. The molecule has 17 heteroatoms. The fourth-order valence-corrected chi connectivity index (χ4v) is 8.04.